The largest absolute Gasteiger partial charge is 0.508 e. The van der Waals surface area contributed by atoms with Gasteiger partial charge in [-0.15, -0.1) is 0 Å². The van der Waals surface area contributed by atoms with E-state index in [1.807, 2.05) is 0 Å². The lowest BCUT2D eigenvalue weighted by atomic mass is 9.97. The molecule has 1 N–H and O–H groups in total. The first kappa shape index (κ1) is 18.3. The number of amides is 1. The molecule has 2 aliphatic heterocycles. The van der Waals surface area contributed by atoms with Crippen LogP contribution in [0.5, 0.6) is 11.5 Å². The Balaban J connectivity index is 2.04. The van der Waals surface area contributed by atoms with Crippen LogP contribution in [0, 0.1) is 5.92 Å². The Kier molecular flexibility index (Phi) is 4.62. The summed E-state index contributed by atoms with van der Waals surface area (Å²) in [6.07, 6.45) is 2.44. The van der Waals surface area contributed by atoms with Gasteiger partial charge in [0.2, 0.25) is 5.78 Å². The molecule has 5 nitrogen and oxygen atoms in total. The van der Waals surface area contributed by atoms with Crippen LogP contribution in [0.15, 0.2) is 21.6 Å². The van der Waals surface area contributed by atoms with E-state index in [1.165, 1.54) is 24.1 Å². The zero-order chi connectivity index (χ0) is 18.5. The Hall–Kier alpha value is -1.53. The fraction of sp³-hybridized carbons (Fsp3) is 0.444. The number of aromatic hydroxyl groups is 1. The van der Waals surface area contributed by atoms with Gasteiger partial charge in [0, 0.05) is 12.6 Å². The summed E-state index contributed by atoms with van der Waals surface area (Å²) in [7, 11) is 1.47. The van der Waals surface area contributed by atoms with Crippen LogP contribution >= 0.6 is 27.5 Å². The van der Waals surface area contributed by atoms with E-state index in [2.05, 4.69) is 29.8 Å². The number of rotatable bonds is 4. The van der Waals surface area contributed by atoms with Crippen molar-refractivity contribution in [2.45, 2.75) is 38.8 Å². The molecular formula is C18H19BrClNO4. The number of phenolic OH excluding ortho intramolecular Hbond substituents is 1. The Morgan fingerprint density at radius 1 is 1.36 bits per heavy atom. The summed E-state index contributed by atoms with van der Waals surface area (Å²) in [6.45, 7) is 4.26. The lowest BCUT2D eigenvalue weighted by Crippen LogP contribution is -2.53. The van der Waals surface area contributed by atoms with E-state index in [-0.39, 0.29) is 21.0 Å². The molecule has 0 saturated carbocycles. The zero-order valence-corrected chi connectivity index (χ0v) is 16.6. The maximum Gasteiger partial charge on any atom is 0.283 e. The van der Waals surface area contributed by atoms with E-state index >= 15 is 0 Å². The third-order valence-corrected chi connectivity index (χ3v) is 6.21. The van der Waals surface area contributed by atoms with Crippen LogP contribution in [-0.2, 0) is 11.2 Å². The Labute approximate surface area is 159 Å². The van der Waals surface area contributed by atoms with Gasteiger partial charge in [0.1, 0.15) is 16.5 Å². The highest BCUT2D eigenvalue weighted by atomic mass is 79.9. The second-order valence-corrected chi connectivity index (χ2v) is 7.96. The van der Waals surface area contributed by atoms with E-state index < -0.39 is 11.6 Å². The van der Waals surface area contributed by atoms with Gasteiger partial charge in [-0.25, -0.2) is 0 Å². The average molecular weight is 429 g/mol. The number of ether oxygens (including phenoxy) is 1. The van der Waals surface area contributed by atoms with Crippen LogP contribution in [0.25, 0.3) is 0 Å². The molecule has 0 saturated heterocycles. The highest BCUT2D eigenvalue weighted by Gasteiger charge is 2.61. The number of fused-ring (bicyclic) bond motifs is 1. The van der Waals surface area contributed by atoms with Gasteiger partial charge in [-0.1, -0.05) is 31.9 Å². The van der Waals surface area contributed by atoms with Crippen molar-refractivity contribution in [1.29, 1.82) is 0 Å². The van der Waals surface area contributed by atoms with E-state index in [4.69, 9.17) is 16.3 Å². The van der Waals surface area contributed by atoms with E-state index in [0.717, 1.165) is 12.8 Å². The quantitative estimate of drug-likeness (QED) is 0.788. The van der Waals surface area contributed by atoms with E-state index in [0.29, 0.717) is 29.2 Å². The van der Waals surface area contributed by atoms with Gasteiger partial charge in [0.05, 0.1) is 10.0 Å². The van der Waals surface area contributed by atoms with Crippen molar-refractivity contribution in [2.75, 3.05) is 7.05 Å². The van der Waals surface area contributed by atoms with Crippen molar-refractivity contribution in [3.05, 3.63) is 32.8 Å². The number of benzene rings is 1. The standard InChI is InChI=1S/C18H19BrClNO4/c1-9(2)5-4-6-10-12(22)8-7-11-14(10)25-18(16(11)23)15(19)13(20)17(24)21(18)3/h7-9,22H,4-6H2,1-3H3. The van der Waals surface area contributed by atoms with Crippen molar-refractivity contribution >= 4 is 39.2 Å². The summed E-state index contributed by atoms with van der Waals surface area (Å²) < 4.78 is 6.21. The molecule has 25 heavy (non-hydrogen) atoms. The number of hydrogen-bond acceptors (Lipinski definition) is 4. The van der Waals surface area contributed by atoms with E-state index in [9.17, 15) is 14.7 Å². The molecule has 0 fully saturated rings. The highest BCUT2D eigenvalue weighted by molar-refractivity contribution is 9.11. The first-order valence-electron chi connectivity index (χ1n) is 8.14. The minimum atomic E-state index is -1.61. The fourth-order valence-corrected chi connectivity index (χ4v) is 4.21. The van der Waals surface area contributed by atoms with Gasteiger partial charge in [0.15, 0.2) is 0 Å². The van der Waals surface area contributed by atoms with Crippen molar-refractivity contribution in [1.82, 2.24) is 4.90 Å². The second kappa shape index (κ2) is 6.32. The van der Waals surface area contributed by atoms with Crippen LogP contribution < -0.4 is 4.74 Å². The number of ketones is 1. The molecule has 0 aliphatic carbocycles. The number of hydrogen-bond donors (Lipinski definition) is 1. The third-order valence-electron chi connectivity index (χ3n) is 4.70. The molecule has 1 aromatic carbocycles. The average Bonchev–Trinajstić information content (AvgIpc) is 2.94. The predicted molar refractivity (Wildman–Crippen MR) is 98.1 cm³/mol. The second-order valence-electron chi connectivity index (χ2n) is 6.79. The highest BCUT2D eigenvalue weighted by Crippen LogP contribution is 2.51. The molecule has 1 spiro atoms. The van der Waals surface area contributed by atoms with Crippen molar-refractivity contribution in [2.24, 2.45) is 5.92 Å². The number of halogens is 2. The number of nitrogens with zero attached hydrogens (tertiary/aromatic N) is 1. The molecule has 0 bridgehead atoms. The van der Waals surface area contributed by atoms with Crippen LogP contribution in [0.1, 0.15) is 42.6 Å². The Bertz CT molecular complexity index is 805. The number of phenols is 1. The topological polar surface area (TPSA) is 66.8 Å². The summed E-state index contributed by atoms with van der Waals surface area (Å²) in [5, 5.41) is 10.2. The molecule has 0 aromatic heterocycles. The van der Waals surface area contributed by atoms with Crippen molar-refractivity contribution < 1.29 is 19.4 Å². The molecule has 0 radical (unpaired) electrons. The van der Waals surface area contributed by atoms with Gasteiger partial charge in [-0.3, -0.25) is 14.5 Å². The SMILES string of the molecule is CC(C)CCCc1c(O)ccc2c1OC1(C2=O)C(Br)=C(Cl)C(=O)N1C. The molecule has 2 heterocycles. The maximum atomic E-state index is 13.1. The molecular weight excluding hydrogens is 410 g/mol. The van der Waals surface area contributed by atoms with Crippen molar-refractivity contribution in [3.8, 4) is 11.5 Å². The molecule has 1 amide bonds. The smallest absolute Gasteiger partial charge is 0.283 e. The summed E-state index contributed by atoms with van der Waals surface area (Å²) in [5.41, 5.74) is -0.676. The third kappa shape index (κ3) is 2.57. The molecule has 134 valence electrons. The molecule has 1 unspecified atom stereocenters. The number of carbonyl (C=O) groups is 2. The molecule has 1 aromatic rings. The van der Waals surface area contributed by atoms with Crippen LogP contribution in [0.3, 0.4) is 0 Å². The Morgan fingerprint density at radius 3 is 2.60 bits per heavy atom. The van der Waals surface area contributed by atoms with Gasteiger partial charge in [-0.2, -0.15) is 0 Å². The van der Waals surface area contributed by atoms with Gasteiger partial charge < -0.3 is 9.84 Å². The molecule has 2 aliphatic rings. The number of carbonyl (C=O) groups excluding carboxylic acids is 2. The number of Topliss-reactive ketones (excluding diaryl/α,β-unsaturated/α-hetero) is 1. The first-order valence-corrected chi connectivity index (χ1v) is 9.31. The maximum absolute atomic E-state index is 13.1. The van der Waals surface area contributed by atoms with Gasteiger partial charge in [-0.05, 0) is 46.8 Å². The minimum absolute atomic E-state index is 0.0748. The summed E-state index contributed by atoms with van der Waals surface area (Å²) in [6, 6.07) is 3.03. The summed E-state index contributed by atoms with van der Waals surface area (Å²) in [5.74, 6) is 0.107. The lowest BCUT2D eigenvalue weighted by molar-refractivity contribution is -0.131. The lowest BCUT2D eigenvalue weighted by Gasteiger charge is -2.30. The monoisotopic (exact) mass is 427 g/mol. The molecule has 7 heteroatoms. The number of likely N-dealkylation sites (N-methyl/N-ethyl adjacent to an activating group) is 1. The van der Waals surface area contributed by atoms with Gasteiger partial charge >= 0.3 is 0 Å². The van der Waals surface area contributed by atoms with Crippen LogP contribution in [0.4, 0.5) is 0 Å². The minimum Gasteiger partial charge on any atom is -0.508 e. The van der Waals surface area contributed by atoms with Crippen LogP contribution in [-0.4, -0.2) is 34.5 Å². The first-order chi connectivity index (χ1) is 11.7. The van der Waals surface area contributed by atoms with Crippen LogP contribution in [0.2, 0.25) is 0 Å². The Morgan fingerprint density at radius 2 is 2.04 bits per heavy atom. The predicted octanol–water partition coefficient (Wildman–Crippen LogP) is 3.96. The zero-order valence-electron chi connectivity index (χ0n) is 14.2. The summed E-state index contributed by atoms with van der Waals surface area (Å²) >= 11 is 9.29. The molecule has 3 rings (SSSR count). The van der Waals surface area contributed by atoms with E-state index in [1.54, 1.807) is 0 Å². The fourth-order valence-electron chi connectivity index (χ4n) is 3.26. The van der Waals surface area contributed by atoms with Crippen molar-refractivity contribution in [3.63, 3.8) is 0 Å². The molecule has 1 atom stereocenters. The van der Waals surface area contributed by atoms with Gasteiger partial charge in [0.25, 0.3) is 11.6 Å². The summed E-state index contributed by atoms with van der Waals surface area (Å²) in [4.78, 5) is 26.4. The normalized spacial score (nSPS) is 22.4.